The van der Waals surface area contributed by atoms with Crippen LogP contribution in [0.15, 0.2) is 25.8 Å². The van der Waals surface area contributed by atoms with Crippen molar-refractivity contribution < 1.29 is 0 Å². The van der Waals surface area contributed by atoms with Gasteiger partial charge in [-0.1, -0.05) is 11.6 Å². The molecule has 0 saturated carbocycles. The number of halogens is 1. The molecule has 5 heteroatoms. The van der Waals surface area contributed by atoms with Gasteiger partial charge in [0.2, 0.25) is 0 Å². The summed E-state index contributed by atoms with van der Waals surface area (Å²) in [5, 5.41) is 4.06. The lowest BCUT2D eigenvalue weighted by atomic mass is 10.3. The third kappa shape index (κ3) is 1.46. The van der Waals surface area contributed by atoms with Crippen molar-refractivity contribution in [3.8, 4) is 0 Å². The van der Waals surface area contributed by atoms with Gasteiger partial charge in [-0.2, -0.15) is 5.10 Å². The zero-order valence-corrected chi connectivity index (χ0v) is 6.76. The predicted octanol–water partition coefficient (Wildman–Crippen LogP) is 0.755. The Balaban J connectivity index is 3.04. The van der Waals surface area contributed by atoms with Gasteiger partial charge in [0.05, 0.1) is 11.8 Å². The number of rotatable bonds is 1. The number of hydrogen-bond donors (Lipinski definition) is 1. The average molecular weight is 171 g/mol. The van der Waals surface area contributed by atoms with Crippen LogP contribution in [0.1, 0.15) is 0 Å². The number of amidine groups is 1. The lowest BCUT2D eigenvalue weighted by molar-refractivity contribution is 1.05. The number of hydrazone groups is 1. The van der Waals surface area contributed by atoms with Crippen LogP contribution in [0.5, 0.6) is 0 Å². The molecule has 1 aliphatic heterocycles. The smallest absolute Gasteiger partial charge is 0.153 e. The van der Waals surface area contributed by atoms with E-state index in [1.165, 1.54) is 0 Å². The molecule has 1 rings (SSSR count). The van der Waals surface area contributed by atoms with Crippen molar-refractivity contribution in [1.82, 2.24) is 5.43 Å². The second kappa shape index (κ2) is 3.30. The van der Waals surface area contributed by atoms with Crippen molar-refractivity contribution in [2.75, 3.05) is 7.05 Å². The van der Waals surface area contributed by atoms with Crippen LogP contribution in [0, 0.1) is 0 Å². The molecule has 0 saturated heterocycles. The summed E-state index contributed by atoms with van der Waals surface area (Å²) in [7, 11) is 1.64. The number of aliphatic imine (C=N–C) groups is 2. The van der Waals surface area contributed by atoms with Gasteiger partial charge >= 0.3 is 0 Å². The van der Waals surface area contributed by atoms with Crippen LogP contribution in [-0.4, -0.2) is 25.8 Å². The zero-order chi connectivity index (χ0) is 8.27. The molecule has 1 aliphatic rings. The molecule has 11 heavy (non-hydrogen) atoms. The summed E-state index contributed by atoms with van der Waals surface area (Å²) in [6.45, 7) is 3.29. The van der Waals surface area contributed by atoms with E-state index in [-0.39, 0.29) is 0 Å². The van der Waals surface area contributed by atoms with Crippen molar-refractivity contribution in [3.05, 3.63) is 10.7 Å². The standard InChI is InChI=1S/C6H7ClN4/c1-8-5(7)4-3-10-11-6(4)9-2/h3H,1H2,2H3,(H,9,11)/b5-4-. The van der Waals surface area contributed by atoms with Gasteiger partial charge < -0.3 is 0 Å². The Bertz CT molecular complexity index is 264. The highest BCUT2D eigenvalue weighted by Gasteiger charge is 2.12. The number of hydrogen-bond acceptors (Lipinski definition) is 3. The van der Waals surface area contributed by atoms with Crippen molar-refractivity contribution in [2.45, 2.75) is 0 Å². The predicted molar refractivity (Wildman–Crippen MR) is 47.4 cm³/mol. The molecule has 0 amide bonds. The summed E-state index contributed by atoms with van der Waals surface area (Å²) in [6.07, 6.45) is 1.55. The maximum atomic E-state index is 5.68. The second-order valence-corrected chi connectivity index (χ2v) is 2.16. The molecule has 0 atom stereocenters. The maximum absolute atomic E-state index is 5.68. The SMILES string of the molecule is C=N/C(Cl)=C1/C=NNC1=NC. The molecule has 0 aromatic heterocycles. The van der Waals surface area contributed by atoms with E-state index in [1.807, 2.05) is 0 Å². The summed E-state index contributed by atoms with van der Waals surface area (Å²) in [5.74, 6) is 0.613. The monoisotopic (exact) mass is 170 g/mol. The molecular weight excluding hydrogens is 164 g/mol. The Morgan fingerprint density at radius 3 is 3.09 bits per heavy atom. The van der Waals surface area contributed by atoms with Crippen molar-refractivity contribution in [3.63, 3.8) is 0 Å². The fourth-order valence-electron chi connectivity index (χ4n) is 0.686. The molecule has 1 N–H and O–H groups in total. The van der Waals surface area contributed by atoms with Crippen molar-refractivity contribution in [2.24, 2.45) is 15.1 Å². The Hall–Kier alpha value is -1.16. The van der Waals surface area contributed by atoms with E-state index in [0.29, 0.717) is 16.6 Å². The minimum Gasteiger partial charge on any atom is -0.270 e. The van der Waals surface area contributed by atoms with E-state index in [0.717, 1.165) is 0 Å². The fourth-order valence-corrected chi connectivity index (χ4v) is 0.824. The van der Waals surface area contributed by atoms with Crippen LogP contribution in [0.3, 0.4) is 0 Å². The normalized spacial score (nSPS) is 23.6. The minimum absolute atomic E-state index is 0.305. The van der Waals surface area contributed by atoms with Gasteiger partial charge in [0.15, 0.2) is 5.84 Å². The van der Waals surface area contributed by atoms with Crippen LogP contribution < -0.4 is 5.43 Å². The molecule has 1 heterocycles. The molecule has 0 spiro atoms. The topological polar surface area (TPSA) is 49.1 Å². The summed E-state index contributed by atoms with van der Waals surface area (Å²) in [4.78, 5) is 7.44. The van der Waals surface area contributed by atoms with Crippen LogP contribution in [0.25, 0.3) is 0 Å². The highest BCUT2D eigenvalue weighted by molar-refractivity contribution is 6.36. The first-order valence-electron chi connectivity index (χ1n) is 2.92. The molecule has 0 aromatic rings. The first-order chi connectivity index (χ1) is 5.29. The van der Waals surface area contributed by atoms with Crippen LogP contribution >= 0.6 is 11.6 Å². The Morgan fingerprint density at radius 1 is 1.82 bits per heavy atom. The third-order valence-corrected chi connectivity index (χ3v) is 1.53. The van der Waals surface area contributed by atoms with Gasteiger partial charge in [-0.15, -0.1) is 0 Å². The Labute approximate surface area is 69.4 Å². The van der Waals surface area contributed by atoms with E-state index >= 15 is 0 Å². The van der Waals surface area contributed by atoms with Gasteiger partial charge in [0.25, 0.3) is 0 Å². The molecule has 0 radical (unpaired) electrons. The van der Waals surface area contributed by atoms with Gasteiger partial charge in [-0.05, 0) is 6.72 Å². The summed E-state index contributed by atoms with van der Waals surface area (Å²) < 4.78 is 0. The maximum Gasteiger partial charge on any atom is 0.153 e. The van der Waals surface area contributed by atoms with Crippen LogP contribution in [0.2, 0.25) is 0 Å². The van der Waals surface area contributed by atoms with Crippen molar-refractivity contribution in [1.29, 1.82) is 0 Å². The molecule has 0 aliphatic carbocycles. The van der Waals surface area contributed by atoms with Crippen LogP contribution in [-0.2, 0) is 0 Å². The first-order valence-corrected chi connectivity index (χ1v) is 3.30. The largest absolute Gasteiger partial charge is 0.270 e. The Kier molecular flexibility index (Phi) is 2.38. The third-order valence-electron chi connectivity index (χ3n) is 1.20. The molecule has 4 nitrogen and oxygen atoms in total. The molecule has 0 aromatic carbocycles. The fraction of sp³-hybridized carbons (Fsp3) is 0.167. The molecule has 0 unspecified atom stereocenters. The van der Waals surface area contributed by atoms with E-state index in [9.17, 15) is 0 Å². The quantitative estimate of drug-likeness (QED) is 0.458. The number of nitrogens with zero attached hydrogens (tertiary/aromatic N) is 3. The van der Waals surface area contributed by atoms with E-state index in [1.54, 1.807) is 13.3 Å². The first kappa shape index (κ1) is 7.94. The Morgan fingerprint density at radius 2 is 2.55 bits per heavy atom. The minimum atomic E-state index is 0.305. The lowest BCUT2D eigenvalue weighted by Crippen LogP contribution is -2.13. The molecule has 0 fully saturated rings. The highest BCUT2D eigenvalue weighted by atomic mass is 35.5. The van der Waals surface area contributed by atoms with Crippen LogP contribution in [0.4, 0.5) is 0 Å². The molecular formula is C6H7ClN4. The molecule has 0 bridgehead atoms. The van der Waals surface area contributed by atoms with Gasteiger partial charge in [0.1, 0.15) is 5.16 Å². The molecule has 58 valence electrons. The van der Waals surface area contributed by atoms with Gasteiger partial charge in [-0.3, -0.25) is 15.4 Å². The van der Waals surface area contributed by atoms with E-state index < -0.39 is 0 Å². The second-order valence-electron chi connectivity index (χ2n) is 1.80. The highest BCUT2D eigenvalue weighted by Crippen LogP contribution is 2.11. The van der Waals surface area contributed by atoms with E-state index in [4.69, 9.17) is 11.6 Å². The lowest BCUT2D eigenvalue weighted by Gasteiger charge is -1.96. The zero-order valence-electron chi connectivity index (χ0n) is 6.00. The number of nitrogens with one attached hydrogen (secondary N) is 1. The van der Waals surface area contributed by atoms with Gasteiger partial charge in [0, 0.05) is 7.05 Å². The average Bonchev–Trinajstić information content (AvgIpc) is 2.50. The summed E-state index contributed by atoms with van der Waals surface area (Å²) in [6, 6.07) is 0. The van der Waals surface area contributed by atoms with Gasteiger partial charge in [-0.25, -0.2) is 0 Å². The summed E-state index contributed by atoms with van der Waals surface area (Å²) >= 11 is 5.68. The van der Waals surface area contributed by atoms with E-state index in [2.05, 4.69) is 27.2 Å². The van der Waals surface area contributed by atoms with Crippen molar-refractivity contribution >= 4 is 30.4 Å². The summed E-state index contributed by atoms with van der Waals surface area (Å²) in [5.41, 5.74) is 3.33.